The molecule has 0 saturated carbocycles. The summed E-state index contributed by atoms with van der Waals surface area (Å²) in [5.74, 6) is 0.618. The van der Waals surface area contributed by atoms with Crippen molar-refractivity contribution in [1.29, 1.82) is 0 Å². The van der Waals surface area contributed by atoms with Crippen molar-refractivity contribution in [2.45, 2.75) is 18.8 Å². The molecule has 1 N–H and O–H groups in total. The van der Waals surface area contributed by atoms with Crippen molar-refractivity contribution in [3.05, 3.63) is 30.1 Å². The third kappa shape index (κ3) is 2.65. The van der Waals surface area contributed by atoms with Crippen LogP contribution in [0.4, 0.5) is 0 Å². The molecule has 1 fully saturated rings. The van der Waals surface area contributed by atoms with E-state index in [0.29, 0.717) is 5.92 Å². The number of aromatic nitrogens is 2. The van der Waals surface area contributed by atoms with E-state index in [0.717, 1.165) is 25.3 Å². The van der Waals surface area contributed by atoms with Crippen LogP contribution in [0.1, 0.15) is 24.3 Å². The van der Waals surface area contributed by atoms with Gasteiger partial charge in [-0.1, -0.05) is 0 Å². The summed E-state index contributed by atoms with van der Waals surface area (Å²) in [6.45, 7) is 4.19. The molecule has 19 heavy (non-hydrogen) atoms. The number of likely N-dealkylation sites (tertiary alicyclic amines) is 1. The summed E-state index contributed by atoms with van der Waals surface area (Å²) in [5.41, 5.74) is 2.44. The van der Waals surface area contributed by atoms with E-state index < -0.39 is 0 Å². The van der Waals surface area contributed by atoms with E-state index in [4.69, 9.17) is 4.74 Å². The molecule has 4 heteroatoms. The summed E-state index contributed by atoms with van der Waals surface area (Å²) in [4.78, 5) is 10.1. The molecule has 0 bridgehead atoms. The second-order valence-corrected chi connectivity index (χ2v) is 5.27. The molecule has 2 aromatic heterocycles. The Bertz CT molecular complexity index is 537. The molecule has 0 aromatic carbocycles. The van der Waals surface area contributed by atoms with Crippen molar-refractivity contribution >= 4 is 11.0 Å². The van der Waals surface area contributed by atoms with Crippen molar-refractivity contribution in [2.75, 3.05) is 33.4 Å². The highest BCUT2D eigenvalue weighted by Crippen LogP contribution is 2.30. The normalized spacial score (nSPS) is 21.0. The zero-order valence-electron chi connectivity index (χ0n) is 11.4. The molecule has 102 valence electrons. The quantitative estimate of drug-likeness (QED) is 0.916. The molecule has 0 spiro atoms. The van der Waals surface area contributed by atoms with Gasteiger partial charge in [0.25, 0.3) is 0 Å². The highest BCUT2D eigenvalue weighted by molar-refractivity contribution is 5.79. The van der Waals surface area contributed by atoms with Crippen LogP contribution in [0.25, 0.3) is 11.0 Å². The molecule has 1 saturated heterocycles. The van der Waals surface area contributed by atoms with Gasteiger partial charge in [-0.15, -0.1) is 0 Å². The van der Waals surface area contributed by atoms with E-state index in [-0.39, 0.29) is 0 Å². The van der Waals surface area contributed by atoms with Gasteiger partial charge in [0, 0.05) is 38.0 Å². The lowest BCUT2D eigenvalue weighted by Crippen LogP contribution is -2.36. The zero-order valence-corrected chi connectivity index (χ0v) is 11.4. The molecule has 3 rings (SSSR count). The maximum Gasteiger partial charge on any atom is 0.137 e. The Hall–Kier alpha value is -1.39. The first-order valence-electron chi connectivity index (χ1n) is 7.02. The Labute approximate surface area is 113 Å². The largest absolute Gasteiger partial charge is 0.383 e. The van der Waals surface area contributed by atoms with Gasteiger partial charge >= 0.3 is 0 Å². The third-order valence-corrected chi connectivity index (χ3v) is 4.05. The van der Waals surface area contributed by atoms with Crippen LogP contribution in [0.5, 0.6) is 0 Å². The predicted molar refractivity (Wildman–Crippen MR) is 76.4 cm³/mol. The molecular weight excluding hydrogens is 238 g/mol. The fraction of sp³-hybridized carbons (Fsp3) is 0.533. The van der Waals surface area contributed by atoms with Crippen LogP contribution < -0.4 is 0 Å². The molecule has 1 atom stereocenters. The average molecular weight is 259 g/mol. The SMILES string of the molecule is COCCN1CCCC(c2ccnc3[nH]ccc23)C1. The molecule has 2 aromatic rings. The fourth-order valence-corrected chi connectivity index (χ4v) is 3.07. The van der Waals surface area contributed by atoms with Crippen LogP contribution in [0.15, 0.2) is 24.5 Å². The van der Waals surface area contributed by atoms with Crippen LogP contribution in [-0.2, 0) is 4.74 Å². The number of methoxy groups -OCH3 is 1. The van der Waals surface area contributed by atoms with E-state index in [2.05, 4.69) is 27.0 Å². The first-order valence-corrected chi connectivity index (χ1v) is 7.02. The third-order valence-electron chi connectivity index (χ3n) is 4.05. The lowest BCUT2D eigenvalue weighted by atomic mass is 9.89. The zero-order chi connectivity index (χ0) is 13.1. The number of pyridine rings is 1. The number of nitrogens with zero attached hydrogens (tertiary/aromatic N) is 2. The van der Waals surface area contributed by atoms with Crippen molar-refractivity contribution in [1.82, 2.24) is 14.9 Å². The predicted octanol–water partition coefficient (Wildman–Crippen LogP) is 2.39. The number of fused-ring (bicyclic) bond motifs is 1. The molecule has 0 aliphatic carbocycles. The average Bonchev–Trinajstić information content (AvgIpc) is 2.93. The first kappa shape index (κ1) is 12.6. The molecule has 0 amide bonds. The lowest BCUT2D eigenvalue weighted by molar-refractivity contribution is 0.128. The Morgan fingerprint density at radius 3 is 3.32 bits per heavy atom. The van der Waals surface area contributed by atoms with Crippen LogP contribution in [0, 0.1) is 0 Å². The van der Waals surface area contributed by atoms with Gasteiger partial charge in [0.15, 0.2) is 0 Å². The number of ether oxygens (including phenoxy) is 1. The fourth-order valence-electron chi connectivity index (χ4n) is 3.07. The minimum Gasteiger partial charge on any atom is -0.383 e. The van der Waals surface area contributed by atoms with Gasteiger partial charge in [-0.3, -0.25) is 0 Å². The Balaban J connectivity index is 1.79. The minimum atomic E-state index is 0.618. The summed E-state index contributed by atoms with van der Waals surface area (Å²) >= 11 is 0. The topological polar surface area (TPSA) is 41.1 Å². The minimum absolute atomic E-state index is 0.618. The molecule has 1 aliphatic heterocycles. The van der Waals surface area contributed by atoms with E-state index in [1.165, 1.54) is 30.3 Å². The number of aromatic amines is 1. The van der Waals surface area contributed by atoms with Crippen LogP contribution in [-0.4, -0.2) is 48.2 Å². The second-order valence-electron chi connectivity index (χ2n) is 5.27. The van der Waals surface area contributed by atoms with Gasteiger partial charge in [0.1, 0.15) is 5.65 Å². The monoisotopic (exact) mass is 259 g/mol. The van der Waals surface area contributed by atoms with E-state index in [1.807, 2.05) is 12.4 Å². The summed E-state index contributed by atoms with van der Waals surface area (Å²) in [5, 5.41) is 1.28. The van der Waals surface area contributed by atoms with Gasteiger partial charge in [0.05, 0.1) is 6.61 Å². The Morgan fingerprint density at radius 1 is 1.47 bits per heavy atom. The Kier molecular flexibility index (Phi) is 3.80. The van der Waals surface area contributed by atoms with Crippen molar-refractivity contribution in [3.63, 3.8) is 0 Å². The summed E-state index contributed by atoms with van der Waals surface area (Å²) in [6.07, 6.45) is 6.44. The maximum atomic E-state index is 5.19. The number of H-pyrrole nitrogens is 1. The van der Waals surface area contributed by atoms with Crippen molar-refractivity contribution in [2.24, 2.45) is 0 Å². The standard InChI is InChI=1S/C15H21N3O/c1-19-10-9-18-8-2-3-12(11-18)13-4-6-16-15-14(13)5-7-17-15/h4-7,12H,2-3,8-11H2,1H3,(H,16,17). The van der Waals surface area contributed by atoms with E-state index in [1.54, 1.807) is 7.11 Å². The van der Waals surface area contributed by atoms with Crippen LogP contribution >= 0.6 is 0 Å². The number of hydrogen-bond acceptors (Lipinski definition) is 3. The highest BCUT2D eigenvalue weighted by atomic mass is 16.5. The summed E-state index contributed by atoms with van der Waals surface area (Å²) in [6, 6.07) is 4.33. The smallest absolute Gasteiger partial charge is 0.137 e. The second kappa shape index (κ2) is 5.72. The lowest BCUT2D eigenvalue weighted by Gasteiger charge is -2.33. The summed E-state index contributed by atoms with van der Waals surface area (Å²) < 4.78 is 5.19. The molecule has 3 heterocycles. The van der Waals surface area contributed by atoms with E-state index in [9.17, 15) is 0 Å². The maximum absolute atomic E-state index is 5.19. The van der Waals surface area contributed by atoms with E-state index >= 15 is 0 Å². The van der Waals surface area contributed by atoms with Crippen LogP contribution in [0.3, 0.4) is 0 Å². The Morgan fingerprint density at radius 2 is 2.42 bits per heavy atom. The van der Waals surface area contributed by atoms with Gasteiger partial charge in [-0.25, -0.2) is 4.98 Å². The molecule has 4 nitrogen and oxygen atoms in total. The van der Waals surface area contributed by atoms with Crippen molar-refractivity contribution < 1.29 is 4.74 Å². The highest BCUT2D eigenvalue weighted by Gasteiger charge is 2.22. The number of rotatable bonds is 4. The molecule has 0 radical (unpaired) electrons. The van der Waals surface area contributed by atoms with Gasteiger partial charge in [0.2, 0.25) is 0 Å². The van der Waals surface area contributed by atoms with Gasteiger partial charge in [-0.2, -0.15) is 0 Å². The molecule has 1 aliphatic rings. The number of hydrogen-bond donors (Lipinski definition) is 1. The number of piperidine rings is 1. The van der Waals surface area contributed by atoms with Crippen molar-refractivity contribution in [3.8, 4) is 0 Å². The molecular formula is C15H21N3O. The summed E-state index contributed by atoms with van der Waals surface area (Å²) in [7, 11) is 1.77. The van der Waals surface area contributed by atoms with Crippen LogP contribution in [0.2, 0.25) is 0 Å². The molecule has 1 unspecified atom stereocenters. The number of nitrogens with one attached hydrogen (secondary N) is 1. The van der Waals surface area contributed by atoms with Gasteiger partial charge < -0.3 is 14.6 Å². The first-order chi connectivity index (χ1) is 9.38. The van der Waals surface area contributed by atoms with Gasteiger partial charge in [-0.05, 0) is 43.0 Å².